The fourth-order valence-electron chi connectivity index (χ4n) is 3.14. The number of rotatable bonds is 5. The number of hydrogen-bond donors (Lipinski definition) is 0. The molecular formula is C32H38ClF. The van der Waals surface area contributed by atoms with Crippen molar-refractivity contribution in [3.05, 3.63) is 125 Å². The summed E-state index contributed by atoms with van der Waals surface area (Å²) < 4.78 is 13.9. The van der Waals surface area contributed by atoms with Crippen LogP contribution in [0.15, 0.2) is 103 Å². The molecule has 0 aliphatic rings. The highest BCUT2D eigenvalue weighted by Crippen LogP contribution is 2.29. The fraction of sp³-hybridized carbons (Fsp3) is 0.250. The molecule has 0 amide bonds. The van der Waals surface area contributed by atoms with E-state index in [0.717, 1.165) is 27.8 Å². The lowest BCUT2D eigenvalue weighted by atomic mass is 9.95. The molecule has 0 aliphatic carbocycles. The van der Waals surface area contributed by atoms with E-state index < -0.39 is 5.67 Å². The van der Waals surface area contributed by atoms with Crippen molar-refractivity contribution in [2.45, 2.75) is 54.1 Å². The molecule has 0 atom stereocenters. The lowest BCUT2D eigenvalue weighted by Gasteiger charge is -2.15. The SMILES string of the molecule is C=C/C(Cl)=C(\C=C/C)c1ccc(C)cc1.CC.Cc1ccc(-c2cccc(C(C)(C)F)c2)cc1. The van der Waals surface area contributed by atoms with Crippen LogP contribution in [0.25, 0.3) is 16.7 Å². The van der Waals surface area contributed by atoms with Gasteiger partial charge in [0.2, 0.25) is 0 Å². The van der Waals surface area contributed by atoms with E-state index in [-0.39, 0.29) is 0 Å². The minimum absolute atomic E-state index is 0.678. The van der Waals surface area contributed by atoms with Gasteiger partial charge in [0.15, 0.2) is 0 Å². The summed E-state index contributed by atoms with van der Waals surface area (Å²) in [7, 11) is 0. The van der Waals surface area contributed by atoms with Gasteiger partial charge in [0.25, 0.3) is 0 Å². The second-order valence-electron chi connectivity index (χ2n) is 8.25. The lowest BCUT2D eigenvalue weighted by Crippen LogP contribution is -2.08. The molecule has 0 fully saturated rings. The van der Waals surface area contributed by atoms with Crippen molar-refractivity contribution in [2.75, 3.05) is 0 Å². The molecule has 3 aromatic carbocycles. The zero-order valence-electron chi connectivity index (χ0n) is 21.6. The van der Waals surface area contributed by atoms with Crippen LogP contribution >= 0.6 is 11.6 Å². The Balaban J connectivity index is 0.000000320. The third kappa shape index (κ3) is 9.15. The fourth-order valence-corrected chi connectivity index (χ4v) is 3.31. The van der Waals surface area contributed by atoms with Crippen molar-refractivity contribution in [1.29, 1.82) is 0 Å². The Morgan fingerprint density at radius 3 is 1.85 bits per heavy atom. The maximum Gasteiger partial charge on any atom is 0.130 e. The van der Waals surface area contributed by atoms with Gasteiger partial charge in [-0.05, 0) is 68.5 Å². The van der Waals surface area contributed by atoms with E-state index in [1.165, 1.54) is 11.1 Å². The molecule has 180 valence electrons. The van der Waals surface area contributed by atoms with E-state index in [0.29, 0.717) is 5.03 Å². The topological polar surface area (TPSA) is 0 Å². The number of aryl methyl sites for hydroxylation is 2. The zero-order chi connectivity index (χ0) is 25.7. The molecule has 0 saturated heterocycles. The van der Waals surface area contributed by atoms with Crippen LogP contribution in [0.3, 0.4) is 0 Å². The molecular weight excluding hydrogens is 439 g/mol. The van der Waals surface area contributed by atoms with Gasteiger partial charge >= 0.3 is 0 Å². The number of allylic oxidation sites excluding steroid dienone is 5. The standard InChI is InChI=1S/C16H17F.C14H15Cl.C2H6/c1-12-7-9-13(10-8-12)14-5-4-6-15(11-14)16(2,3)17;1-4-6-13(14(15)5-2)12-9-7-11(3)8-10-12;1-2/h4-11H,1-3H3;4-10H,2H2,1,3H3;1-2H3/b;6-4-,14-13-;. The molecule has 0 radical (unpaired) electrons. The second-order valence-corrected chi connectivity index (χ2v) is 8.66. The summed E-state index contributed by atoms with van der Waals surface area (Å²) in [5.74, 6) is 0. The maximum absolute atomic E-state index is 13.9. The Kier molecular flexibility index (Phi) is 12.3. The third-order valence-electron chi connectivity index (χ3n) is 5.07. The zero-order valence-corrected chi connectivity index (χ0v) is 22.4. The first-order valence-corrected chi connectivity index (χ1v) is 12.1. The molecule has 3 rings (SSSR count). The van der Waals surface area contributed by atoms with Crippen LogP contribution in [-0.4, -0.2) is 0 Å². The van der Waals surface area contributed by atoms with Crippen molar-refractivity contribution >= 4 is 17.2 Å². The van der Waals surface area contributed by atoms with E-state index >= 15 is 0 Å². The molecule has 34 heavy (non-hydrogen) atoms. The maximum atomic E-state index is 13.9. The van der Waals surface area contributed by atoms with Crippen LogP contribution in [0.4, 0.5) is 4.39 Å². The molecule has 0 aromatic heterocycles. The van der Waals surface area contributed by atoms with Gasteiger partial charge in [0, 0.05) is 5.03 Å². The van der Waals surface area contributed by atoms with Gasteiger partial charge < -0.3 is 0 Å². The normalized spacial score (nSPS) is 11.6. The van der Waals surface area contributed by atoms with Gasteiger partial charge in [-0.1, -0.05) is 128 Å². The number of hydrogen-bond acceptors (Lipinski definition) is 0. The molecule has 2 heteroatoms. The minimum atomic E-state index is -1.29. The van der Waals surface area contributed by atoms with Crippen LogP contribution in [0, 0.1) is 13.8 Å². The van der Waals surface area contributed by atoms with Gasteiger partial charge in [-0.3, -0.25) is 0 Å². The Hall–Kier alpha value is -2.90. The summed E-state index contributed by atoms with van der Waals surface area (Å²) in [6.45, 7) is 17.0. The van der Waals surface area contributed by atoms with Crippen LogP contribution in [0.1, 0.15) is 56.9 Å². The average Bonchev–Trinajstić information content (AvgIpc) is 2.84. The van der Waals surface area contributed by atoms with Crippen molar-refractivity contribution in [3.63, 3.8) is 0 Å². The average molecular weight is 477 g/mol. The Morgan fingerprint density at radius 2 is 1.38 bits per heavy atom. The van der Waals surface area contributed by atoms with E-state index in [4.69, 9.17) is 11.6 Å². The highest BCUT2D eigenvalue weighted by Gasteiger charge is 2.18. The van der Waals surface area contributed by atoms with Gasteiger partial charge in [-0.2, -0.15) is 0 Å². The van der Waals surface area contributed by atoms with E-state index in [9.17, 15) is 4.39 Å². The van der Waals surface area contributed by atoms with Crippen molar-refractivity contribution in [3.8, 4) is 11.1 Å². The summed E-state index contributed by atoms with van der Waals surface area (Å²) in [6.07, 6.45) is 5.63. The van der Waals surface area contributed by atoms with Gasteiger partial charge in [0.1, 0.15) is 5.67 Å². The monoisotopic (exact) mass is 476 g/mol. The number of benzene rings is 3. The molecule has 0 spiro atoms. The highest BCUT2D eigenvalue weighted by atomic mass is 35.5. The van der Waals surface area contributed by atoms with Crippen LogP contribution in [-0.2, 0) is 5.67 Å². The summed E-state index contributed by atoms with van der Waals surface area (Å²) >= 11 is 6.09. The van der Waals surface area contributed by atoms with E-state index in [2.05, 4.69) is 69.0 Å². The quantitative estimate of drug-likeness (QED) is 0.321. The molecule has 0 saturated carbocycles. The van der Waals surface area contributed by atoms with Crippen molar-refractivity contribution < 1.29 is 4.39 Å². The summed E-state index contributed by atoms with van der Waals surface area (Å²) in [5, 5.41) is 0.678. The molecule has 3 aromatic rings. The third-order valence-corrected chi connectivity index (χ3v) is 5.42. The van der Waals surface area contributed by atoms with Gasteiger partial charge in [-0.25, -0.2) is 4.39 Å². The summed E-state index contributed by atoms with van der Waals surface area (Å²) in [6, 6.07) is 24.2. The van der Waals surface area contributed by atoms with E-state index in [1.54, 1.807) is 19.9 Å². The first-order valence-electron chi connectivity index (χ1n) is 11.7. The summed E-state index contributed by atoms with van der Waals surface area (Å²) in [4.78, 5) is 0. The minimum Gasteiger partial charge on any atom is -0.239 e. The molecule has 0 nitrogen and oxygen atoms in total. The summed E-state index contributed by atoms with van der Waals surface area (Å²) in [5.41, 5.74) is 6.22. The predicted molar refractivity (Wildman–Crippen MR) is 151 cm³/mol. The van der Waals surface area contributed by atoms with Crippen molar-refractivity contribution in [2.24, 2.45) is 0 Å². The Morgan fingerprint density at radius 1 is 0.853 bits per heavy atom. The van der Waals surface area contributed by atoms with E-state index in [1.807, 2.05) is 57.2 Å². The smallest absolute Gasteiger partial charge is 0.130 e. The molecule has 0 unspecified atom stereocenters. The first-order chi connectivity index (χ1) is 16.2. The predicted octanol–water partition coefficient (Wildman–Crippen LogP) is 10.6. The van der Waals surface area contributed by atoms with Crippen LogP contribution in [0.2, 0.25) is 0 Å². The molecule has 0 aliphatic heterocycles. The molecule has 0 heterocycles. The number of halogens is 2. The van der Waals surface area contributed by atoms with Crippen molar-refractivity contribution in [1.82, 2.24) is 0 Å². The van der Waals surface area contributed by atoms with Gasteiger partial charge in [0.05, 0.1) is 0 Å². The highest BCUT2D eigenvalue weighted by molar-refractivity contribution is 6.34. The van der Waals surface area contributed by atoms with Crippen LogP contribution in [0.5, 0.6) is 0 Å². The van der Waals surface area contributed by atoms with Gasteiger partial charge in [-0.15, -0.1) is 0 Å². The molecule has 0 N–H and O–H groups in total. The number of alkyl halides is 1. The Bertz CT molecular complexity index is 1080. The second kappa shape index (κ2) is 14.4. The largest absolute Gasteiger partial charge is 0.239 e. The van der Waals surface area contributed by atoms with Crippen LogP contribution < -0.4 is 0 Å². The Labute approximate surface area is 211 Å². The lowest BCUT2D eigenvalue weighted by molar-refractivity contribution is 0.221. The molecule has 0 bridgehead atoms. The first kappa shape index (κ1) is 29.1.